The van der Waals surface area contributed by atoms with Crippen molar-refractivity contribution in [2.75, 3.05) is 32.1 Å². The van der Waals surface area contributed by atoms with Gasteiger partial charge in [0.15, 0.2) is 5.75 Å². The molecule has 0 aromatic heterocycles. The first-order valence-electron chi connectivity index (χ1n) is 16.5. The number of carbonyl (C=O) groups excluding carboxylic acids is 2. The van der Waals surface area contributed by atoms with Gasteiger partial charge in [0.2, 0.25) is 5.91 Å². The van der Waals surface area contributed by atoms with Crippen LogP contribution in [0.25, 0.3) is 0 Å². The number of aliphatic hydroxyl groups excluding tert-OH is 1. The molecule has 1 aliphatic rings. The molecule has 0 spiro atoms. The minimum absolute atomic E-state index is 0.132. The van der Waals surface area contributed by atoms with Gasteiger partial charge in [0.25, 0.3) is 5.91 Å². The lowest BCUT2D eigenvalue weighted by atomic mass is 9.98. The van der Waals surface area contributed by atoms with Crippen molar-refractivity contribution in [3.05, 3.63) is 119 Å². The molecule has 0 fully saturated rings. The molecule has 5 rings (SSSR count). The molecule has 1 aliphatic heterocycles. The number of amides is 2. The highest BCUT2D eigenvalue weighted by Gasteiger charge is 2.36. The van der Waals surface area contributed by atoms with Crippen molar-refractivity contribution in [3.63, 3.8) is 0 Å². The second-order valence-corrected chi connectivity index (χ2v) is 12.9. The molecular weight excluding hydrogens is 647 g/mol. The third-order valence-electron chi connectivity index (χ3n) is 8.83. The van der Waals surface area contributed by atoms with Gasteiger partial charge in [0.1, 0.15) is 17.6 Å². The lowest BCUT2D eigenvalue weighted by Crippen LogP contribution is -2.49. The maximum atomic E-state index is 13.8. The zero-order valence-electron chi connectivity index (χ0n) is 28.5. The molecule has 264 valence electrons. The molecule has 2 N–H and O–H groups in total. The number of alkyl halides is 3. The normalized spacial score (nSPS) is 17.0. The van der Waals surface area contributed by atoms with E-state index in [0.29, 0.717) is 19.6 Å². The highest BCUT2D eigenvalue weighted by molar-refractivity contribution is 6.02. The minimum Gasteiger partial charge on any atom is -0.486 e. The zero-order chi connectivity index (χ0) is 36.0. The van der Waals surface area contributed by atoms with E-state index in [1.165, 1.54) is 18.2 Å². The van der Waals surface area contributed by atoms with Gasteiger partial charge in [-0.1, -0.05) is 61.5 Å². The topological polar surface area (TPSA) is 91.3 Å². The number of rotatable bonds is 11. The Hall–Kier alpha value is -4.87. The number of hydrogen-bond acceptors (Lipinski definition) is 6. The van der Waals surface area contributed by atoms with Crippen LogP contribution in [0.1, 0.15) is 46.5 Å². The van der Waals surface area contributed by atoms with E-state index in [4.69, 9.17) is 9.47 Å². The van der Waals surface area contributed by atoms with Gasteiger partial charge < -0.3 is 24.8 Å². The number of carbonyl (C=O) groups is 2. The SMILES string of the molecule is Cc1ccccc1Oc1ccc(CN(C)C[C@H]2Oc3c(NC(=O)Cc4ccccc4C(F)(F)F)cccc3C(=O)N([C@@H](C)CO)C[C@H]2C)cc1. The number of hydrogen-bond donors (Lipinski definition) is 2. The first kappa shape index (κ1) is 36.4. The monoisotopic (exact) mass is 689 g/mol. The summed E-state index contributed by atoms with van der Waals surface area (Å²) in [6, 6.07) is 24.8. The molecule has 0 unspecified atom stereocenters. The van der Waals surface area contributed by atoms with Crippen LogP contribution in [0.3, 0.4) is 0 Å². The first-order valence-corrected chi connectivity index (χ1v) is 16.5. The Balaban J connectivity index is 1.36. The standard InChI is InChI=1S/C39H42F3N3O5/c1-25-10-5-8-15-34(25)49-30-18-16-28(17-19-30)22-44(4)23-35-26(2)21-45(27(3)24-46)38(48)31-12-9-14-33(37(31)50-35)43-36(47)20-29-11-6-7-13-32(29)39(40,41)42/h5-19,26-27,35,46H,20-24H2,1-4H3,(H,43,47)/t26-,27+,35-/m1/s1. The summed E-state index contributed by atoms with van der Waals surface area (Å²) in [6.45, 7) is 6.79. The molecule has 1 heterocycles. The van der Waals surface area contributed by atoms with E-state index in [1.807, 2.05) is 69.4 Å². The maximum Gasteiger partial charge on any atom is 0.416 e. The molecule has 4 aromatic rings. The quantitative estimate of drug-likeness (QED) is 0.171. The summed E-state index contributed by atoms with van der Waals surface area (Å²) in [4.78, 5) is 30.7. The van der Waals surface area contributed by atoms with Crippen LogP contribution in [0, 0.1) is 12.8 Å². The van der Waals surface area contributed by atoms with Crippen LogP contribution in [-0.4, -0.2) is 65.6 Å². The smallest absolute Gasteiger partial charge is 0.416 e. The third kappa shape index (κ3) is 8.83. The molecule has 8 nitrogen and oxygen atoms in total. The van der Waals surface area contributed by atoms with Crippen molar-refractivity contribution in [2.24, 2.45) is 5.92 Å². The van der Waals surface area contributed by atoms with E-state index in [2.05, 4.69) is 10.2 Å². The zero-order valence-corrected chi connectivity index (χ0v) is 28.5. The van der Waals surface area contributed by atoms with Gasteiger partial charge in [0, 0.05) is 25.6 Å². The number of ether oxygens (including phenoxy) is 2. The van der Waals surface area contributed by atoms with Gasteiger partial charge in [-0.25, -0.2) is 0 Å². The summed E-state index contributed by atoms with van der Waals surface area (Å²) in [5.41, 5.74) is 1.38. The van der Waals surface area contributed by atoms with Gasteiger partial charge in [-0.2, -0.15) is 13.2 Å². The summed E-state index contributed by atoms with van der Waals surface area (Å²) in [5, 5.41) is 12.7. The molecule has 0 saturated heterocycles. The molecule has 2 amide bonds. The number of benzene rings is 4. The van der Waals surface area contributed by atoms with Gasteiger partial charge in [-0.05, 0) is 74.0 Å². The average Bonchev–Trinajstić information content (AvgIpc) is 3.08. The number of anilines is 1. The maximum absolute atomic E-state index is 13.8. The summed E-state index contributed by atoms with van der Waals surface area (Å²) < 4.78 is 53.5. The second-order valence-electron chi connectivity index (χ2n) is 12.9. The fourth-order valence-electron chi connectivity index (χ4n) is 6.02. The van der Waals surface area contributed by atoms with Crippen molar-refractivity contribution in [1.82, 2.24) is 9.80 Å². The van der Waals surface area contributed by atoms with Crippen molar-refractivity contribution >= 4 is 17.5 Å². The molecule has 0 saturated carbocycles. The van der Waals surface area contributed by atoms with E-state index in [1.54, 1.807) is 30.0 Å². The van der Waals surface area contributed by atoms with Crippen molar-refractivity contribution < 1.29 is 37.3 Å². The predicted octanol–water partition coefficient (Wildman–Crippen LogP) is 7.34. The van der Waals surface area contributed by atoms with Crippen LogP contribution in [0.2, 0.25) is 0 Å². The lowest BCUT2D eigenvalue weighted by molar-refractivity contribution is -0.138. The second kappa shape index (κ2) is 15.8. The Bertz CT molecular complexity index is 1800. The fourth-order valence-corrected chi connectivity index (χ4v) is 6.02. The highest BCUT2D eigenvalue weighted by Crippen LogP contribution is 2.36. The van der Waals surface area contributed by atoms with Crippen molar-refractivity contribution in [1.29, 1.82) is 0 Å². The molecule has 0 radical (unpaired) electrons. The number of para-hydroxylation sites is 2. The van der Waals surface area contributed by atoms with Gasteiger partial charge in [-0.3, -0.25) is 14.5 Å². The average molecular weight is 690 g/mol. The number of nitrogens with zero attached hydrogens (tertiary/aromatic N) is 2. The summed E-state index contributed by atoms with van der Waals surface area (Å²) in [5.74, 6) is 0.372. The van der Waals surface area contributed by atoms with Crippen LogP contribution in [0.15, 0.2) is 91.0 Å². The number of halogens is 3. The molecule has 0 aliphatic carbocycles. The van der Waals surface area contributed by atoms with E-state index >= 15 is 0 Å². The molecular formula is C39H42F3N3O5. The molecule has 4 aromatic carbocycles. The minimum atomic E-state index is -4.62. The van der Waals surface area contributed by atoms with Crippen LogP contribution in [-0.2, 0) is 23.9 Å². The third-order valence-corrected chi connectivity index (χ3v) is 8.83. The fraction of sp³-hybridized carbons (Fsp3) is 0.333. The number of aryl methyl sites for hydroxylation is 1. The van der Waals surface area contributed by atoms with Crippen LogP contribution >= 0.6 is 0 Å². The summed E-state index contributed by atoms with van der Waals surface area (Å²) >= 11 is 0. The Kier molecular flexibility index (Phi) is 11.5. The first-order chi connectivity index (χ1) is 23.8. The molecule has 0 bridgehead atoms. The van der Waals surface area contributed by atoms with Crippen LogP contribution in [0.4, 0.5) is 18.9 Å². The predicted molar refractivity (Wildman–Crippen MR) is 185 cm³/mol. The number of nitrogens with one attached hydrogen (secondary N) is 1. The lowest BCUT2D eigenvalue weighted by Gasteiger charge is -2.38. The van der Waals surface area contributed by atoms with E-state index in [0.717, 1.165) is 28.7 Å². The summed E-state index contributed by atoms with van der Waals surface area (Å²) in [6.07, 6.45) is -5.61. The number of fused-ring (bicyclic) bond motifs is 1. The number of aliphatic hydroxyl groups is 1. The summed E-state index contributed by atoms with van der Waals surface area (Å²) in [7, 11) is 1.96. The number of likely N-dealkylation sites (N-methyl/N-ethyl adjacent to an activating group) is 1. The van der Waals surface area contributed by atoms with Crippen molar-refractivity contribution in [3.8, 4) is 17.2 Å². The van der Waals surface area contributed by atoms with E-state index < -0.39 is 36.2 Å². The Morgan fingerprint density at radius 3 is 2.44 bits per heavy atom. The highest BCUT2D eigenvalue weighted by atomic mass is 19.4. The molecule has 11 heteroatoms. The van der Waals surface area contributed by atoms with Gasteiger partial charge in [0.05, 0.1) is 35.9 Å². The Morgan fingerprint density at radius 1 is 1.04 bits per heavy atom. The Morgan fingerprint density at radius 2 is 1.74 bits per heavy atom. The Labute approximate surface area is 290 Å². The van der Waals surface area contributed by atoms with Crippen LogP contribution < -0.4 is 14.8 Å². The van der Waals surface area contributed by atoms with Crippen LogP contribution in [0.5, 0.6) is 17.2 Å². The largest absolute Gasteiger partial charge is 0.486 e. The van der Waals surface area contributed by atoms with Gasteiger partial charge in [-0.15, -0.1) is 0 Å². The van der Waals surface area contributed by atoms with Crippen molar-refractivity contribution in [2.45, 2.75) is 52.1 Å². The molecule has 50 heavy (non-hydrogen) atoms. The van der Waals surface area contributed by atoms with E-state index in [-0.39, 0.29) is 41.0 Å². The molecule has 3 atom stereocenters. The van der Waals surface area contributed by atoms with Gasteiger partial charge >= 0.3 is 6.18 Å². The van der Waals surface area contributed by atoms with E-state index in [9.17, 15) is 27.9 Å².